The SMILES string of the molecule is COc1ccccc1Oc1ccc(C(F)(F)F)cc1NCC(O)CO. The van der Waals surface area contributed by atoms with Gasteiger partial charge < -0.3 is 25.0 Å². The minimum absolute atomic E-state index is 0.0354. The molecule has 0 bridgehead atoms. The van der Waals surface area contributed by atoms with Crippen LogP contribution in [-0.4, -0.2) is 36.6 Å². The maximum Gasteiger partial charge on any atom is 0.416 e. The van der Waals surface area contributed by atoms with E-state index >= 15 is 0 Å². The summed E-state index contributed by atoms with van der Waals surface area (Å²) in [5.74, 6) is 0.877. The van der Waals surface area contributed by atoms with Crippen LogP contribution in [0, 0.1) is 0 Å². The Morgan fingerprint density at radius 3 is 2.36 bits per heavy atom. The van der Waals surface area contributed by atoms with E-state index in [1.807, 2.05) is 0 Å². The smallest absolute Gasteiger partial charge is 0.416 e. The Hall–Kier alpha value is -2.45. The summed E-state index contributed by atoms with van der Waals surface area (Å²) in [6, 6.07) is 9.67. The standard InChI is InChI=1S/C17H18F3NO4/c1-24-15-4-2-3-5-16(15)25-14-7-6-11(17(18,19)20)8-13(14)21-9-12(23)10-22/h2-8,12,21-23H,9-10H2,1H3. The first-order valence-corrected chi connectivity index (χ1v) is 7.40. The quantitative estimate of drug-likeness (QED) is 0.709. The molecule has 1 unspecified atom stereocenters. The molecule has 0 amide bonds. The maximum absolute atomic E-state index is 12.9. The Kier molecular flexibility index (Phi) is 6.11. The lowest BCUT2D eigenvalue weighted by Gasteiger charge is -2.18. The molecule has 0 spiro atoms. The van der Waals surface area contributed by atoms with Crippen LogP contribution >= 0.6 is 0 Å². The lowest BCUT2D eigenvalue weighted by atomic mass is 10.1. The van der Waals surface area contributed by atoms with Gasteiger partial charge in [-0.3, -0.25) is 0 Å². The number of rotatable bonds is 7. The largest absolute Gasteiger partial charge is 0.493 e. The zero-order chi connectivity index (χ0) is 18.4. The van der Waals surface area contributed by atoms with E-state index < -0.39 is 24.5 Å². The van der Waals surface area contributed by atoms with Gasteiger partial charge in [-0.15, -0.1) is 0 Å². The van der Waals surface area contributed by atoms with E-state index in [9.17, 15) is 18.3 Å². The minimum atomic E-state index is -4.52. The van der Waals surface area contributed by atoms with Gasteiger partial charge >= 0.3 is 6.18 Å². The van der Waals surface area contributed by atoms with E-state index in [-0.39, 0.29) is 18.0 Å². The molecule has 0 heterocycles. The summed E-state index contributed by atoms with van der Waals surface area (Å²) in [5, 5.41) is 20.9. The number of nitrogens with one attached hydrogen (secondary N) is 1. The van der Waals surface area contributed by atoms with E-state index in [1.165, 1.54) is 13.2 Å². The average molecular weight is 357 g/mol. The lowest BCUT2D eigenvalue weighted by Crippen LogP contribution is -2.23. The van der Waals surface area contributed by atoms with E-state index in [0.717, 1.165) is 12.1 Å². The fourth-order valence-corrected chi connectivity index (χ4v) is 2.05. The van der Waals surface area contributed by atoms with Crippen molar-refractivity contribution >= 4 is 5.69 Å². The van der Waals surface area contributed by atoms with Crippen molar-refractivity contribution < 1.29 is 32.9 Å². The van der Waals surface area contributed by atoms with Crippen LogP contribution in [0.3, 0.4) is 0 Å². The molecule has 0 saturated carbocycles. The third-order valence-electron chi connectivity index (χ3n) is 3.33. The van der Waals surface area contributed by atoms with Gasteiger partial charge in [-0.25, -0.2) is 0 Å². The number of benzene rings is 2. The Bertz CT molecular complexity index is 707. The van der Waals surface area contributed by atoms with Crippen LogP contribution in [-0.2, 0) is 6.18 Å². The summed E-state index contributed by atoms with van der Waals surface area (Å²) in [4.78, 5) is 0. The van der Waals surface area contributed by atoms with Gasteiger partial charge in [0.2, 0.25) is 0 Å². The number of ether oxygens (including phenoxy) is 2. The second kappa shape index (κ2) is 8.09. The summed E-state index contributed by atoms with van der Waals surface area (Å²) in [6.07, 6.45) is -5.64. The number of hydrogen-bond acceptors (Lipinski definition) is 5. The summed E-state index contributed by atoms with van der Waals surface area (Å²) >= 11 is 0. The molecule has 8 heteroatoms. The molecule has 2 aromatic rings. The van der Waals surface area contributed by atoms with Gasteiger partial charge in [-0.2, -0.15) is 13.2 Å². The number of aliphatic hydroxyl groups excluding tert-OH is 2. The van der Waals surface area contributed by atoms with Crippen LogP contribution in [0.15, 0.2) is 42.5 Å². The Morgan fingerprint density at radius 1 is 1.08 bits per heavy atom. The molecular weight excluding hydrogens is 339 g/mol. The number of aliphatic hydroxyl groups is 2. The van der Waals surface area contributed by atoms with E-state index in [0.29, 0.717) is 11.5 Å². The van der Waals surface area contributed by atoms with E-state index in [2.05, 4.69) is 5.32 Å². The molecule has 2 aromatic carbocycles. The molecule has 1 atom stereocenters. The fraction of sp³-hybridized carbons (Fsp3) is 0.294. The average Bonchev–Trinajstić information content (AvgIpc) is 2.60. The highest BCUT2D eigenvalue weighted by Crippen LogP contribution is 2.38. The molecule has 0 radical (unpaired) electrons. The monoisotopic (exact) mass is 357 g/mol. The number of alkyl halides is 3. The normalized spacial score (nSPS) is 12.6. The third kappa shape index (κ3) is 5.01. The first kappa shape index (κ1) is 18.9. The molecule has 0 aliphatic rings. The molecule has 0 saturated heterocycles. The van der Waals surface area contributed by atoms with Crippen molar-refractivity contribution in [3.8, 4) is 17.2 Å². The van der Waals surface area contributed by atoms with Crippen LogP contribution in [0.5, 0.6) is 17.2 Å². The van der Waals surface area contributed by atoms with Gasteiger partial charge in [0.1, 0.15) is 0 Å². The van der Waals surface area contributed by atoms with Crippen LogP contribution in [0.2, 0.25) is 0 Å². The second-order valence-corrected chi connectivity index (χ2v) is 5.18. The van der Waals surface area contributed by atoms with Crippen molar-refractivity contribution in [1.29, 1.82) is 0 Å². The highest BCUT2D eigenvalue weighted by atomic mass is 19.4. The number of halogens is 3. The number of hydrogen-bond donors (Lipinski definition) is 3. The topological polar surface area (TPSA) is 71.0 Å². The third-order valence-corrected chi connectivity index (χ3v) is 3.33. The first-order valence-electron chi connectivity index (χ1n) is 7.40. The van der Waals surface area contributed by atoms with Gasteiger partial charge in [0.05, 0.1) is 31.1 Å². The van der Waals surface area contributed by atoms with Crippen molar-refractivity contribution in [2.75, 3.05) is 25.6 Å². The molecule has 0 aromatic heterocycles. The number of anilines is 1. The number of methoxy groups -OCH3 is 1. The molecule has 2 rings (SSSR count). The zero-order valence-corrected chi connectivity index (χ0v) is 13.4. The van der Waals surface area contributed by atoms with Crippen LogP contribution in [0.4, 0.5) is 18.9 Å². The molecule has 0 aliphatic heterocycles. The van der Waals surface area contributed by atoms with Crippen LogP contribution < -0.4 is 14.8 Å². The van der Waals surface area contributed by atoms with Crippen molar-refractivity contribution in [3.05, 3.63) is 48.0 Å². The van der Waals surface area contributed by atoms with E-state index in [4.69, 9.17) is 14.6 Å². The van der Waals surface area contributed by atoms with Crippen molar-refractivity contribution in [3.63, 3.8) is 0 Å². The van der Waals surface area contributed by atoms with Gasteiger partial charge in [0.15, 0.2) is 17.2 Å². The fourth-order valence-electron chi connectivity index (χ4n) is 2.05. The number of para-hydroxylation sites is 2. The van der Waals surface area contributed by atoms with Crippen molar-refractivity contribution in [2.24, 2.45) is 0 Å². The highest BCUT2D eigenvalue weighted by molar-refractivity contribution is 5.60. The molecule has 5 nitrogen and oxygen atoms in total. The highest BCUT2D eigenvalue weighted by Gasteiger charge is 2.31. The van der Waals surface area contributed by atoms with E-state index in [1.54, 1.807) is 24.3 Å². The predicted octanol–water partition coefficient (Wildman–Crippen LogP) is 3.27. The molecule has 25 heavy (non-hydrogen) atoms. The predicted molar refractivity (Wildman–Crippen MR) is 86.1 cm³/mol. The first-order chi connectivity index (χ1) is 11.8. The summed E-state index contributed by atoms with van der Waals surface area (Å²) in [5.41, 5.74) is -0.825. The van der Waals surface area contributed by atoms with Gasteiger partial charge in [-0.05, 0) is 30.3 Å². The molecule has 136 valence electrons. The Labute approximate surface area is 142 Å². The van der Waals surface area contributed by atoms with Gasteiger partial charge in [0, 0.05) is 6.54 Å². The van der Waals surface area contributed by atoms with Gasteiger partial charge in [0.25, 0.3) is 0 Å². The Morgan fingerprint density at radius 2 is 1.76 bits per heavy atom. The molecule has 3 N–H and O–H groups in total. The Balaban J connectivity index is 2.34. The summed E-state index contributed by atoms with van der Waals surface area (Å²) < 4.78 is 49.6. The van der Waals surface area contributed by atoms with Crippen LogP contribution in [0.25, 0.3) is 0 Å². The van der Waals surface area contributed by atoms with Crippen molar-refractivity contribution in [2.45, 2.75) is 12.3 Å². The van der Waals surface area contributed by atoms with Gasteiger partial charge in [-0.1, -0.05) is 12.1 Å². The molecule has 0 aliphatic carbocycles. The van der Waals surface area contributed by atoms with Crippen LogP contribution in [0.1, 0.15) is 5.56 Å². The summed E-state index contributed by atoms with van der Waals surface area (Å²) in [6.45, 7) is -0.658. The summed E-state index contributed by atoms with van der Waals surface area (Å²) in [7, 11) is 1.45. The van der Waals surface area contributed by atoms with Crippen molar-refractivity contribution in [1.82, 2.24) is 0 Å². The zero-order valence-electron chi connectivity index (χ0n) is 13.4. The second-order valence-electron chi connectivity index (χ2n) is 5.18. The lowest BCUT2D eigenvalue weighted by molar-refractivity contribution is -0.137. The molecule has 0 fully saturated rings. The minimum Gasteiger partial charge on any atom is -0.493 e. The maximum atomic E-state index is 12.9. The molecular formula is C17H18F3NO4.